The first-order chi connectivity index (χ1) is 7.40. The Hall–Kier alpha value is -1.13. The molecular formula is C11H18N2O3. The predicted molar refractivity (Wildman–Crippen MR) is 59.0 cm³/mol. The zero-order valence-corrected chi connectivity index (χ0v) is 9.97. The molecule has 1 aliphatic carbocycles. The minimum atomic E-state index is -0.483. The molecule has 5 heteroatoms. The van der Waals surface area contributed by atoms with E-state index in [0.29, 0.717) is 12.5 Å². The van der Waals surface area contributed by atoms with Crippen molar-refractivity contribution in [2.45, 2.75) is 51.3 Å². The molecule has 0 spiro atoms. The van der Waals surface area contributed by atoms with Crippen LogP contribution in [0.3, 0.4) is 0 Å². The zero-order valence-electron chi connectivity index (χ0n) is 9.97. The second-order valence-corrected chi connectivity index (χ2v) is 5.71. The SMILES string of the molecule is CC(C)(C)OC(=O)N1CC2CC(N=O)C1C2. The first-order valence-electron chi connectivity index (χ1n) is 5.73. The van der Waals surface area contributed by atoms with E-state index < -0.39 is 5.60 Å². The molecule has 1 saturated carbocycles. The van der Waals surface area contributed by atoms with Crippen LogP contribution in [0.25, 0.3) is 0 Å². The van der Waals surface area contributed by atoms with Crippen LogP contribution in [0.15, 0.2) is 5.18 Å². The van der Waals surface area contributed by atoms with E-state index in [-0.39, 0.29) is 18.2 Å². The van der Waals surface area contributed by atoms with Crippen LogP contribution in [0.1, 0.15) is 33.6 Å². The highest BCUT2D eigenvalue weighted by atomic mass is 16.6. The molecule has 0 aromatic rings. The number of piperidine rings is 1. The fourth-order valence-corrected chi connectivity index (χ4v) is 2.63. The number of carbonyl (C=O) groups excluding carboxylic acids is 1. The number of carbonyl (C=O) groups is 1. The Bertz CT molecular complexity index is 311. The predicted octanol–water partition coefficient (Wildman–Crippen LogP) is 2.15. The number of amides is 1. The smallest absolute Gasteiger partial charge is 0.410 e. The van der Waals surface area contributed by atoms with Crippen molar-refractivity contribution in [3.8, 4) is 0 Å². The largest absolute Gasteiger partial charge is 0.444 e. The van der Waals surface area contributed by atoms with Crippen LogP contribution >= 0.6 is 0 Å². The van der Waals surface area contributed by atoms with E-state index in [1.54, 1.807) is 4.90 Å². The van der Waals surface area contributed by atoms with Crippen LogP contribution in [-0.4, -0.2) is 35.2 Å². The summed E-state index contributed by atoms with van der Waals surface area (Å²) in [6, 6.07) is -0.261. The van der Waals surface area contributed by atoms with Crippen molar-refractivity contribution in [2.24, 2.45) is 11.1 Å². The summed E-state index contributed by atoms with van der Waals surface area (Å²) < 4.78 is 5.31. The quantitative estimate of drug-likeness (QED) is 0.644. The molecule has 16 heavy (non-hydrogen) atoms. The van der Waals surface area contributed by atoms with Crippen LogP contribution in [-0.2, 0) is 4.74 Å². The molecule has 2 aliphatic rings. The fourth-order valence-electron chi connectivity index (χ4n) is 2.63. The summed E-state index contributed by atoms with van der Waals surface area (Å²) in [5.41, 5.74) is -0.483. The highest BCUT2D eigenvalue weighted by molar-refractivity contribution is 5.69. The molecule has 3 atom stereocenters. The molecule has 1 saturated heterocycles. The lowest BCUT2D eigenvalue weighted by Gasteiger charge is -2.31. The maximum atomic E-state index is 11.9. The van der Waals surface area contributed by atoms with Crippen LogP contribution < -0.4 is 0 Å². The molecule has 1 heterocycles. The highest BCUT2D eigenvalue weighted by Gasteiger charge is 2.48. The Morgan fingerprint density at radius 2 is 2.06 bits per heavy atom. The van der Waals surface area contributed by atoms with E-state index in [2.05, 4.69) is 5.18 Å². The topological polar surface area (TPSA) is 59.0 Å². The van der Waals surface area contributed by atoms with E-state index in [9.17, 15) is 9.70 Å². The third-order valence-electron chi connectivity index (χ3n) is 3.21. The van der Waals surface area contributed by atoms with Gasteiger partial charge in [0.2, 0.25) is 0 Å². The van der Waals surface area contributed by atoms with Crippen LogP contribution in [0.4, 0.5) is 4.79 Å². The second kappa shape index (κ2) is 3.71. The van der Waals surface area contributed by atoms with Crippen molar-refractivity contribution >= 4 is 6.09 Å². The van der Waals surface area contributed by atoms with Gasteiger partial charge in [0.15, 0.2) is 0 Å². The average molecular weight is 226 g/mol. The van der Waals surface area contributed by atoms with Crippen molar-refractivity contribution in [3.63, 3.8) is 0 Å². The lowest BCUT2D eigenvalue weighted by Crippen LogP contribution is -2.46. The van der Waals surface area contributed by atoms with E-state index >= 15 is 0 Å². The van der Waals surface area contributed by atoms with Gasteiger partial charge in [-0.05, 0) is 39.5 Å². The monoisotopic (exact) mass is 226 g/mol. The van der Waals surface area contributed by atoms with Crippen LogP contribution in [0, 0.1) is 10.8 Å². The summed E-state index contributed by atoms with van der Waals surface area (Å²) in [4.78, 5) is 24.2. The Labute approximate surface area is 95.1 Å². The summed E-state index contributed by atoms with van der Waals surface area (Å²) >= 11 is 0. The first kappa shape index (κ1) is 11.4. The molecule has 1 aliphatic heterocycles. The summed E-state index contributed by atoms with van der Waals surface area (Å²) in [7, 11) is 0. The van der Waals surface area contributed by atoms with Gasteiger partial charge in [-0.3, -0.25) is 0 Å². The van der Waals surface area contributed by atoms with Gasteiger partial charge in [-0.2, -0.15) is 4.91 Å². The summed E-state index contributed by atoms with van der Waals surface area (Å²) in [6.07, 6.45) is 1.41. The third kappa shape index (κ3) is 2.03. The summed E-state index contributed by atoms with van der Waals surface area (Å²) in [5.74, 6) is 0.431. The number of hydrogen-bond acceptors (Lipinski definition) is 4. The van der Waals surface area contributed by atoms with Gasteiger partial charge in [0.25, 0.3) is 0 Å². The maximum Gasteiger partial charge on any atom is 0.410 e. The molecule has 0 aromatic carbocycles. The second-order valence-electron chi connectivity index (χ2n) is 5.71. The fraction of sp³-hybridized carbons (Fsp3) is 0.909. The number of fused-ring (bicyclic) bond motifs is 2. The first-order valence-corrected chi connectivity index (χ1v) is 5.73. The van der Waals surface area contributed by atoms with E-state index in [0.717, 1.165) is 12.8 Å². The molecule has 0 radical (unpaired) electrons. The Morgan fingerprint density at radius 3 is 2.56 bits per heavy atom. The molecule has 2 rings (SSSR count). The number of rotatable bonds is 1. The number of nitrogens with zero attached hydrogens (tertiary/aromatic N) is 2. The van der Waals surface area contributed by atoms with Crippen molar-refractivity contribution in [1.82, 2.24) is 4.90 Å². The third-order valence-corrected chi connectivity index (χ3v) is 3.21. The zero-order chi connectivity index (χ0) is 11.9. The summed E-state index contributed by atoms with van der Waals surface area (Å²) in [5, 5.41) is 3.10. The molecular weight excluding hydrogens is 208 g/mol. The van der Waals surface area contributed by atoms with Crippen LogP contribution in [0.2, 0.25) is 0 Å². The molecule has 0 aromatic heterocycles. The van der Waals surface area contributed by atoms with E-state index in [1.165, 1.54) is 0 Å². The molecule has 3 unspecified atom stereocenters. The minimum absolute atomic E-state index is 0.0302. The number of hydrogen-bond donors (Lipinski definition) is 0. The highest BCUT2D eigenvalue weighted by Crippen LogP contribution is 2.39. The van der Waals surface area contributed by atoms with Crippen molar-refractivity contribution in [2.75, 3.05) is 6.54 Å². The minimum Gasteiger partial charge on any atom is -0.444 e. The van der Waals surface area contributed by atoms with Gasteiger partial charge in [0, 0.05) is 6.54 Å². The standard InChI is InChI=1S/C11H18N2O3/c1-11(2,3)16-10(14)13-6-7-4-8(12-15)9(13)5-7/h7-9H,4-6H2,1-3H3. The average Bonchev–Trinajstić information content (AvgIpc) is 2.72. The lowest BCUT2D eigenvalue weighted by atomic mass is 10.1. The molecule has 5 nitrogen and oxygen atoms in total. The van der Waals surface area contributed by atoms with Gasteiger partial charge in [0.05, 0.1) is 6.04 Å². The Morgan fingerprint density at radius 1 is 1.38 bits per heavy atom. The van der Waals surface area contributed by atoms with Crippen molar-refractivity contribution in [1.29, 1.82) is 0 Å². The number of likely N-dealkylation sites (tertiary alicyclic amines) is 1. The van der Waals surface area contributed by atoms with Gasteiger partial charge in [0.1, 0.15) is 11.6 Å². The molecule has 0 N–H and O–H groups in total. The van der Waals surface area contributed by atoms with Gasteiger partial charge in [-0.15, -0.1) is 0 Å². The number of ether oxygens (including phenoxy) is 1. The van der Waals surface area contributed by atoms with Crippen molar-refractivity contribution < 1.29 is 9.53 Å². The normalized spacial score (nSPS) is 32.9. The van der Waals surface area contributed by atoms with E-state index in [4.69, 9.17) is 4.74 Å². The molecule has 1 amide bonds. The Kier molecular flexibility index (Phi) is 2.64. The van der Waals surface area contributed by atoms with Crippen LogP contribution in [0.5, 0.6) is 0 Å². The number of nitroso groups, excluding NO2 is 1. The molecule has 2 fully saturated rings. The van der Waals surface area contributed by atoms with Gasteiger partial charge >= 0.3 is 6.09 Å². The van der Waals surface area contributed by atoms with Gasteiger partial charge in [-0.25, -0.2) is 4.79 Å². The molecule has 2 bridgehead atoms. The van der Waals surface area contributed by atoms with Crippen molar-refractivity contribution in [3.05, 3.63) is 4.91 Å². The molecule has 90 valence electrons. The Balaban J connectivity index is 2.01. The van der Waals surface area contributed by atoms with Gasteiger partial charge in [-0.1, -0.05) is 5.18 Å². The maximum absolute atomic E-state index is 11.9. The summed E-state index contributed by atoms with van der Waals surface area (Å²) in [6.45, 7) is 6.24. The van der Waals surface area contributed by atoms with Gasteiger partial charge < -0.3 is 9.64 Å². The van der Waals surface area contributed by atoms with E-state index in [1.807, 2.05) is 20.8 Å². The lowest BCUT2D eigenvalue weighted by molar-refractivity contribution is 0.0173.